The first-order valence-electron chi connectivity index (χ1n) is 6.74. The van der Waals surface area contributed by atoms with E-state index < -0.39 is 0 Å². The molecule has 1 amide bonds. The summed E-state index contributed by atoms with van der Waals surface area (Å²) in [6.45, 7) is 2.98. The number of carbonyl (C=O) groups excluding carboxylic acids is 1. The van der Waals surface area contributed by atoms with Gasteiger partial charge in [-0.2, -0.15) is 0 Å². The average Bonchev–Trinajstić information content (AvgIpc) is 2.48. The molecule has 1 fully saturated rings. The van der Waals surface area contributed by atoms with Crippen LogP contribution < -0.4 is 20.1 Å². The van der Waals surface area contributed by atoms with Gasteiger partial charge in [0.25, 0.3) is 5.91 Å². The Bertz CT molecular complexity index is 470. The molecule has 0 unspecified atom stereocenters. The molecule has 2 aliphatic rings. The van der Waals surface area contributed by atoms with Gasteiger partial charge >= 0.3 is 0 Å². The highest BCUT2D eigenvalue weighted by Crippen LogP contribution is 2.30. The third-order valence-corrected chi connectivity index (χ3v) is 3.44. The summed E-state index contributed by atoms with van der Waals surface area (Å²) < 4.78 is 10.9. The van der Waals surface area contributed by atoms with E-state index >= 15 is 0 Å². The number of nitrogens with one attached hydrogen (secondary N) is 2. The standard InChI is InChI=1S/C14H18N2O3/c17-14(16-11-2-1-5-15-9-11)10-3-4-12-13(8-10)19-7-6-18-12/h3-4,8,11,15H,1-2,5-7,9H2,(H,16,17)/t11-/m1/s1. The van der Waals surface area contributed by atoms with Gasteiger partial charge in [0.2, 0.25) is 0 Å². The first-order valence-corrected chi connectivity index (χ1v) is 6.74. The van der Waals surface area contributed by atoms with Crippen LogP contribution in [0.15, 0.2) is 18.2 Å². The molecule has 2 heterocycles. The van der Waals surface area contributed by atoms with Crippen molar-refractivity contribution in [3.63, 3.8) is 0 Å². The first-order chi connectivity index (χ1) is 9.33. The molecule has 2 aliphatic heterocycles. The van der Waals surface area contributed by atoms with E-state index in [0.29, 0.717) is 30.3 Å². The van der Waals surface area contributed by atoms with Crippen molar-refractivity contribution in [2.75, 3.05) is 26.3 Å². The molecule has 5 nitrogen and oxygen atoms in total. The Morgan fingerprint density at radius 1 is 1.26 bits per heavy atom. The van der Waals surface area contributed by atoms with Crippen molar-refractivity contribution in [1.29, 1.82) is 0 Å². The number of amides is 1. The van der Waals surface area contributed by atoms with Crippen molar-refractivity contribution < 1.29 is 14.3 Å². The maximum Gasteiger partial charge on any atom is 0.251 e. The van der Waals surface area contributed by atoms with Crippen molar-refractivity contribution in [2.45, 2.75) is 18.9 Å². The van der Waals surface area contributed by atoms with Crippen LogP contribution in [0, 0.1) is 0 Å². The third-order valence-electron chi connectivity index (χ3n) is 3.44. The summed E-state index contributed by atoms with van der Waals surface area (Å²) in [5.41, 5.74) is 0.620. The van der Waals surface area contributed by atoms with Crippen LogP contribution >= 0.6 is 0 Å². The summed E-state index contributed by atoms with van der Waals surface area (Å²) in [6, 6.07) is 5.54. The fraction of sp³-hybridized carbons (Fsp3) is 0.500. The van der Waals surface area contributed by atoms with Crippen molar-refractivity contribution >= 4 is 5.91 Å². The van der Waals surface area contributed by atoms with Crippen LogP contribution in [0.4, 0.5) is 0 Å². The van der Waals surface area contributed by atoms with E-state index in [1.807, 2.05) is 0 Å². The molecule has 0 bridgehead atoms. The average molecular weight is 262 g/mol. The smallest absolute Gasteiger partial charge is 0.251 e. The Hall–Kier alpha value is -1.75. The second-order valence-corrected chi connectivity index (χ2v) is 4.88. The van der Waals surface area contributed by atoms with E-state index in [9.17, 15) is 4.79 Å². The highest BCUT2D eigenvalue weighted by molar-refractivity contribution is 5.95. The molecule has 1 aromatic rings. The second kappa shape index (κ2) is 5.48. The summed E-state index contributed by atoms with van der Waals surface area (Å²) >= 11 is 0. The number of piperidine rings is 1. The Labute approximate surface area is 112 Å². The van der Waals surface area contributed by atoms with Crippen LogP contribution in [0.3, 0.4) is 0 Å². The van der Waals surface area contributed by atoms with Gasteiger partial charge in [0, 0.05) is 18.2 Å². The number of fused-ring (bicyclic) bond motifs is 1. The first kappa shape index (κ1) is 12.3. The quantitative estimate of drug-likeness (QED) is 0.833. The van der Waals surface area contributed by atoms with Crippen LogP contribution in [-0.2, 0) is 0 Å². The largest absolute Gasteiger partial charge is 0.486 e. The van der Waals surface area contributed by atoms with Gasteiger partial charge in [-0.15, -0.1) is 0 Å². The Balaban J connectivity index is 1.69. The number of hydrogen-bond donors (Lipinski definition) is 2. The van der Waals surface area contributed by atoms with E-state index in [4.69, 9.17) is 9.47 Å². The molecule has 102 valence electrons. The minimum absolute atomic E-state index is 0.0503. The van der Waals surface area contributed by atoms with Crippen molar-refractivity contribution in [1.82, 2.24) is 10.6 Å². The van der Waals surface area contributed by atoms with Crippen LogP contribution in [0.25, 0.3) is 0 Å². The lowest BCUT2D eigenvalue weighted by Gasteiger charge is -2.24. The lowest BCUT2D eigenvalue weighted by Crippen LogP contribution is -2.45. The van der Waals surface area contributed by atoms with Gasteiger partial charge in [0.1, 0.15) is 13.2 Å². The monoisotopic (exact) mass is 262 g/mol. The van der Waals surface area contributed by atoms with Crippen LogP contribution in [0.2, 0.25) is 0 Å². The Kier molecular flexibility index (Phi) is 3.55. The SMILES string of the molecule is O=C(N[C@@H]1CCCNC1)c1ccc2c(c1)OCCO2. The molecule has 0 aliphatic carbocycles. The Morgan fingerprint density at radius 3 is 2.89 bits per heavy atom. The highest BCUT2D eigenvalue weighted by atomic mass is 16.6. The summed E-state index contributed by atoms with van der Waals surface area (Å²) in [4.78, 5) is 12.2. The van der Waals surface area contributed by atoms with Crippen molar-refractivity contribution in [3.8, 4) is 11.5 Å². The van der Waals surface area contributed by atoms with Gasteiger partial charge in [0.05, 0.1) is 0 Å². The number of rotatable bonds is 2. The molecule has 19 heavy (non-hydrogen) atoms. The van der Waals surface area contributed by atoms with Gasteiger partial charge in [-0.1, -0.05) is 0 Å². The second-order valence-electron chi connectivity index (χ2n) is 4.88. The lowest BCUT2D eigenvalue weighted by molar-refractivity contribution is 0.0929. The summed E-state index contributed by atoms with van der Waals surface area (Å²) in [7, 11) is 0. The van der Waals surface area contributed by atoms with Crippen LogP contribution in [-0.4, -0.2) is 38.3 Å². The molecule has 1 aromatic carbocycles. The number of carbonyl (C=O) groups is 1. The number of hydrogen-bond acceptors (Lipinski definition) is 4. The van der Waals surface area contributed by atoms with Crippen molar-refractivity contribution in [2.24, 2.45) is 0 Å². The van der Waals surface area contributed by atoms with E-state index in [-0.39, 0.29) is 11.9 Å². The van der Waals surface area contributed by atoms with E-state index in [1.54, 1.807) is 18.2 Å². The molecule has 5 heteroatoms. The summed E-state index contributed by atoms with van der Waals surface area (Å²) in [5.74, 6) is 1.31. The predicted octanol–water partition coefficient (Wildman–Crippen LogP) is 0.940. The van der Waals surface area contributed by atoms with Gasteiger partial charge in [0.15, 0.2) is 11.5 Å². The van der Waals surface area contributed by atoms with Gasteiger partial charge in [-0.3, -0.25) is 4.79 Å². The molecule has 1 saturated heterocycles. The molecule has 2 N–H and O–H groups in total. The van der Waals surface area contributed by atoms with E-state index in [2.05, 4.69) is 10.6 Å². The zero-order valence-corrected chi connectivity index (χ0v) is 10.8. The maximum absolute atomic E-state index is 12.2. The number of ether oxygens (including phenoxy) is 2. The fourth-order valence-corrected chi connectivity index (χ4v) is 2.43. The highest BCUT2D eigenvalue weighted by Gasteiger charge is 2.18. The zero-order valence-electron chi connectivity index (χ0n) is 10.8. The predicted molar refractivity (Wildman–Crippen MR) is 70.8 cm³/mol. The molecule has 0 radical (unpaired) electrons. The molecular formula is C14H18N2O3. The Morgan fingerprint density at radius 2 is 2.11 bits per heavy atom. The van der Waals surface area contributed by atoms with Gasteiger partial charge < -0.3 is 20.1 Å². The molecular weight excluding hydrogens is 244 g/mol. The normalized spacial score (nSPS) is 21.8. The fourth-order valence-electron chi connectivity index (χ4n) is 2.43. The third kappa shape index (κ3) is 2.81. The van der Waals surface area contributed by atoms with Crippen molar-refractivity contribution in [3.05, 3.63) is 23.8 Å². The molecule has 0 saturated carbocycles. The summed E-state index contributed by atoms with van der Waals surface area (Å²) in [6.07, 6.45) is 2.13. The lowest BCUT2D eigenvalue weighted by atomic mass is 10.1. The minimum Gasteiger partial charge on any atom is -0.486 e. The van der Waals surface area contributed by atoms with E-state index in [0.717, 1.165) is 25.9 Å². The molecule has 0 spiro atoms. The molecule has 0 aromatic heterocycles. The topological polar surface area (TPSA) is 59.6 Å². The molecule has 1 atom stereocenters. The van der Waals surface area contributed by atoms with Crippen LogP contribution in [0.1, 0.15) is 23.2 Å². The number of benzene rings is 1. The molecule has 3 rings (SSSR count). The minimum atomic E-state index is -0.0503. The van der Waals surface area contributed by atoms with Gasteiger partial charge in [-0.25, -0.2) is 0 Å². The van der Waals surface area contributed by atoms with E-state index in [1.165, 1.54) is 0 Å². The van der Waals surface area contributed by atoms with Gasteiger partial charge in [-0.05, 0) is 37.6 Å². The maximum atomic E-state index is 12.2. The summed E-state index contributed by atoms with van der Waals surface area (Å²) in [5, 5.41) is 6.33. The zero-order chi connectivity index (χ0) is 13.1. The van der Waals surface area contributed by atoms with Crippen LogP contribution in [0.5, 0.6) is 11.5 Å².